The van der Waals surface area contributed by atoms with E-state index in [1.54, 1.807) is 24.4 Å². The van der Waals surface area contributed by atoms with Crippen LogP contribution in [0.2, 0.25) is 0 Å². The summed E-state index contributed by atoms with van der Waals surface area (Å²) >= 11 is 3.35. The summed E-state index contributed by atoms with van der Waals surface area (Å²) in [6.07, 6.45) is 4.69. The van der Waals surface area contributed by atoms with Gasteiger partial charge in [-0.15, -0.1) is 0 Å². The van der Waals surface area contributed by atoms with Crippen LogP contribution in [-0.4, -0.2) is 36.0 Å². The molecular formula is C30H27BrN4O4. The van der Waals surface area contributed by atoms with Crippen LogP contribution >= 0.6 is 15.9 Å². The van der Waals surface area contributed by atoms with Crippen molar-refractivity contribution in [1.29, 1.82) is 0 Å². The summed E-state index contributed by atoms with van der Waals surface area (Å²) in [4.78, 5) is 34.4. The fourth-order valence-electron chi connectivity index (χ4n) is 4.10. The van der Waals surface area contributed by atoms with Crippen LogP contribution in [-0.2, 0) is 0 Å². The fourth-order valence-corrected chi connectivity index (χ4v) is 4.48. The first-order valence-electron chi connectivity index (χ1n) is 12.0. The first-order valence-corrected chi connectivity index (χ1v) is 12.7. The Bertz CT molecular complexity index is 1590. The highest BCUT2D eigenvalue weighted by molar-refractivity contribution is 9.10. The Morgan fingerprint density at radius 1 is 0.821 bits per heavy atom. The Morgan fingerprint density at radius 2 is 1.31 bits per heavy atom. The third kappa shape index (κ3) is 5.83. The van der Waals surface area contributed by atoms with E-state index < -0.39 is 0 Å². The molecule has 9 heteroatoms. The lowest BCUT2D eigenvalue weighted by atomic mass is 9.94. The van der Waals surface area contributed by atoms with E-state index in [1.807, 2.05) is 50.2 Å². The molecule has 0 aliphatic carbocycles. The second-order valence-electron chi connectivity index (χ2n) is 8.58. The number of nitrogens with zero attached hydrogens (tertiary/aromatic N) is 2. The van der Waals surface area contributed by atoms with E-state index in [0.29, 0.717) is 32.9 Å². The van der Waals surface area contributed by atoms with E-state index in [4.69, 9.17) is 9.47 Å². The minimum absolute atomic E-state index is 0.223. The number of halogens is 1. The smallest absolute Gasteiger partial charge is 0.274 e. The standard InChI is InChI=1S/C30H27BrN4O4/c1-6-19-15-32-25(13-27(19)38-4)29(36)34-23-11-7-9-20(17(23)2)21-10-8-12-24(18(21)3)35-30(37)26-14-28(39-5)22(31)16-33-26/h6-16H,1H2,2-5H3,(H,34,36)(H,35,37). The molecule has 0 aliphatic rings. The average molecular weight is 587 g/mol. The van der Waals surface area contributed by atoms with Gasteiger partial charge in [0.15, 0.2) is 0 Å². The molecule has 0 spiro atoms. The summed E-state index contributed by atoms with van der Waals surface area (Å²) in [7, 11) is 3.06. The highest BCUT2D eigenvalue weighted by Gasteiger charge is 2.17. The third-order valence-electron chi connectivity index (χ3n) is 6.29. The number of amides is 2. The van der Waals surface area contributed by atoms with Crippen LogP contribution in [0.1, 0.15) is 37.7 Å². The Labute approximate surface area is 235 Å². The predicted octanol–water partition coefficient (Wildman–Crippen LogP) is 6.69. The molecule has 39 heavy (non-hydrogen) atoms. The van der Waals surface area contributed by atoms with Gasteiger partial charge in [-0.1, -0.05) is 36.9 Å². The first kappa shape index (κ1) is 27.5. The number of carbonyl (C=O) groups is 2. The fraction of sp³-hybridized carbons (Fsp3) is 0.133. The molecule has 4 rings (SSSR count). The van der Waals surface area contributed by atoms with E-state index in [9.17, 15) is 9.59 Å². The molecule has 2 N–H and O–H groups in total. The van der Waals surface area contributed by atoms with Crippen LogP contribution in [0, 0.1) is 13.8 Å². The Kier molecular flexibility index (Phi) is 8.41. The number of benzene rings is 2. The Balaban J connectivity index is 1.61. The third-order valence-corrected chi connectivity index (χ3v) is 6.89. The van der Waals surface area contributed by atoms with E-state index in [-0.39, 0.29) is 23.2 Å². The van der Waals surface area contributed by atoms with Gasteiger partial charge in [-0.05, 0) is 64.2 Å². The second-order valence-corrected chi connectivity index (χ2v) is 9.44. The van der Waals surface area contributed by atoms with Gasteiger partial charge in [0, 0.05) is 41.5 Å². The summed E-state index contributed by atoms with van der Waals surface area (Å²) in [5, 5.41) is 5.90. The van der Waals surface area contributed by atoms with Crippen molar-refractivity contribution in [2.24, 2.45) is 0 Å². The lowest BCUT2D eigenvalue weighted by molar-refractivity contribution is 0.101. The maximum atomic E-state index is 13.0. The maximum absolute atomic E-state index is 13.0. The van der Waals surface area contributed by atoms with E-state index in [2.05, 4.69) is 43.1 Å². The van der Waals surface area contributed by atoms with Gasteiger partial charge in [-0.25, -0.2) is 4.98 Å². The highest BCUT2D eigenvalue weighted by atomic mass is 79.9. The highest BCUT2D eigenvalue weighted by Crippen LogP contribution is 2.34. The molecule has 2 amide bonds. The molecule has 0 aliphatic heterocycles. The lowest BCUT2D eigenvalue weighted by Gasteiger charge is -2.17. The van der Waals surface area contributed by atoms with Crippen LogP contribution in [0.3, 0.4) is 0 Å². The van der Waals surface area contributed by atoms with Gasteiger partial charge >= 0.3 is 0 Å². The first-order chi connectivity index (χ1) is 18.8. The van der Waals surface area contributed by atoms with E-state index in [1.165, 1.54) is 20.4 Å². The van der Waals surface area contributed by atoms with Crippen molar-refractivity contribution < 1.29 is 19.1 Å². The molecule has 2 heterocycles. The van der Waals surface area contributed by atoms with Gasteiger partial charge < -0.3 is 20.1 Å². The Morgan fingerprint density at radius 3 is 1.79 bits per heavy atom. The quantitative estimate of drug-likeness (QED) is 0.238. The van der Waals surface area contributed by atoms with Crippen molar-refractivity contribution in [1.82, 2.24) is 9.97 Å². The normalized spacial score (nSPS) is 10.5. The molecule has 0 bridgehead atoms. The van der Waals surface area contributed by atoms with Crippen molar-refractivity contribution in [2.45, 2.75) is 13.8 Å². The number of aromatic nitrogens is 2. The number of rotatable bonds is 8. The van der Waals surface area contributed by atoms with Gasteiger partial charge in [0.1, 0.15) is 22.9 Å². The number of hydrogen-bond acceptors (Lipinski definition) is 6. The average Bonchev–Trinajstić information content (AvgIpc) is 2.95. The number of carbonyl (C=O) groups excluding carboxylic acids is 2. The van der Waals surface area contributed by atoms with E-state index in [0.717, 1.165) is 22.3 Å². The van der Waals surface area contributed by atoms with Crippen molar-refractivity contribution in [2.75, 3.05) is 24.9 Å². The summed E-state index contributed by atoms with van der Waals surface area (Å²) in [6, 6.07) is 14.5. The zero-order valence-electron chi connectivity index (χ0n) is 22.0. The van der Waals surface area contributed by atoms with Crippen LogP contribution in [0.4, 0.5) is 11.4 Å². The molecule has 0 saturated carbocycles. The SMILES string of the molecule is C=Cc1cnc(C(=O)Nc2cccc(-c3cccc(NC(=O)c4cc(OC)c(Br)cn4)c3C)c2C)cc1OC. The van der Waals surface area contributed by atoms with E-state index >= 15 is 0 Å². The molecule has 2 aromatic carbocycles. The summed E-state index contributed by atoms with van der Waals surface area (Å²) in [5.74, 6) is 0.311. The number of hydrogen-bond donors (Lipinski definition) is 2. The largest absolute Gasteiger partial charge is 0.496 e. The summed E-state index contributed by atoms with van der Waals surface area (Å²) in [6.45, 7) is 7.60. The number of nitrogens with one attached hydrogen (secondary N) is 2. The zero-order chi connectivity index (χ0) is 28.1. The molecule has 4 aromatic rings. The number of ether oxygens (including phenoxy) is 2. The van der Waals surface area contributed by atoms with Crippen LogP contribution < -0.4 is 20.1 Å². The number of methoxy groups -OCH3 is 2. The number of anilines is 2. The molecule has 198 valence electrons. The van der Waals surface area contributed by atoms with Crippen molar-refractivity contribution in [3.05, 3.63) is 100 Å². The monoisotopic (exact) mass is 586 g/mol. The van der Waals surface area contributed by atoms with Gasteiger partial charge in [0.25, 0.3) is 11.8 Å². The van der Waals surface area contributed by atoms with Gasteiger partial charge in [0.2, 0.25) is 0 Å². The van der Waals surface area contributed by atoms with Gasteiger partial charge in [-0.2, -0.15) is 0 Å². The molecule has 0 atom stereocenters. The maximum Gasteiger partial charge on any atom is 0.274 e. The summed E-state index contributed by atoms with van der Waals surface area (Å²) < 4.78 is 11.3. The van der Waals surface area contributed by atoms with Crippen LogP contribution in [0.15, 0.2) is 72.0 Å². The topological polar surface area (TPSA) is 102 Å². The number of pyridine rings is 2. The van der Waals surface area contributed by atoms with Crippen LogP contribution in [0.25, 0.3) is 17.2 Å². The van der Waals surface area contributed by atoms with Crippen molar-refractivity contribution in [3.63, 3.8) is 0 Å². The summed E-state index contributed by atoms with van der Waals surface area (Å²) in [5.41, 5.74) is 6.01. The second kappa shape index (κ2) is 11.9. The van der Waals surface area contributed by atoms with Crippen molar-refractivity contribution >= 4 is 45.2 Å². The molecule has 0 fully saturated rings. The molecule has 0 saturated heterocycles. The minimum atomic E-state index is -0.362. The Hall–Kier alpha value is -4.50. The molecule has 8 nitrogen and oxygen atoms in total. The minimum Gasteiger partial charge on any atom is -0.496 e. The van der Waals surface area contributed by atoms with Gasteiger partial charge in [-0.3, -0.25) is 14.6 Å². The predicted molar refractivity (Wildman–Crippen MR) is 157 cm³/mol. The van der Waals surface area contributed by atoms with Crippen LogP contribution in [0.5, 0.6) is 11.5 Å². The van der Waals surface area contributed by atoms with Crippen molar-refractivity contribution in [3.8, 4) is 22.6 Å². The molecule has 0 radical (unpaired) electrons. The molecule has 0 unspecified atom stereocenters. The lowest BCUT2D eigenvalue weighted by Crippen LogP contribution is -2.15. The molecule has 2 aromatic heterocycles. The zero-order valence-corrected chi connectivity index (χ0v) is 23.5. The molecular weight excluding hydrogens is 560 g/mol. The van der Waals surface area contributed by atoms with Gasteiger partial charge in [0.05, 0.1) is 18.7 Å².